The van der Waals surface area contributed by atoms with Crippen LogP contribution in [0.15, 0.2) is 47.4 Å². The maximum Gasteiger partial charge on any atom is 0.284 e. The van der Waals surface area contributed by atoms with E-state index in [0.29, 0.717) is 4.90 Å². The van der Waals surface area contributed by atoms with Gasteiger partial charge >= 0.3 is 0 Å². The molecule has 98 valence electrons. The van der Waals surface area contributed by atoms with E-state index >= 15 is 0 Å². The lowest BCUT2D eigenvalue weighted by atomic mass is 10.2. The van der Waals surface area contributed by atoms with Crippen molar-refractivity contribution >= 4 is 45.9 Å². The smallest absolute Gasteiger partial charge is 0.284 e. The van der Waals surface area contributed by atoms with Crippen molar-refractivity contribution in [3.8, 4) is 0 Å². The summed E-state index contributed by atoms with van der Waals surface area (Å²) in [5, 5.41) is 10.9. The van der Waals surface area contributed by atoms with Crippen LogP contribution in [0, 0.1) is 20.6 Å². The Hall–Kier alpha value is -1.28. The van der Waals surface area contributed by atoms with Gasteiger partial charge in [-0.15, -0.1) is 0 Å². The van der Waals surface area contributed by atoms with Gasteiger partial charge < -0.3 is 4.72 Å². The van der Waals surface area contributed by atoms with Crippen molar-refractivity contribution in [3.05, 3.63) is 61.7 Å². The third-order valence-corrected chi connectivity index (χ3v) is 4.08. The second-order valence-electron chi connectivity index (χ2n) is 3.89. The summed E-state index contributed by atoms with van der Waals surface area (Å²) in [4.78, 5) is 11.1. The first-order valence-corrected chi connectivity index (χ1v) is 7.40. The fourth-order valence-electron chi connectivity index (χ4n) is 1.55. The zero-order chi connectivity index (χ0) is 13.8. The number of rotatable bonds is 4. The predicted octanol–water partition coefficient (Wildman–Crippen LogP) is 4.63. The van der Waals surface area contributed by atoms with Gasteiger partial charge in [0.1, 0.15) is 4.90 Å². The zero-order valence-corrected chi connectivity index (χ0v) is 13.1. The van der Waals surface area contributed by atoms with Gasteiger partial charge in [-0.25, -0.2) is 0 Å². The maximum atomic E-state index is 10.9. The molecule has 0 aliphatic heterocycles. The number of nitro groups is 1. The average molecular weight is 386 g/mol. The first kappa shape index (κ1) is 14.1. The van der Waals surface area contributed by atoms with Gasteiger partial charge in [-0.05, 0) is 71.3 Å². The van der Waals surface area contributed by atoms with Gasteiger partial charge in [0.2, 0.25) is 0 Å². The van der Waals surface area contributed by atoms with Crippen LogP contribution in [0.5, 0.6) is 0 Å². The lowest BCUT2D eigenvalue weighted by molar-refractivity contribution is -0.387. The molecule has 0 aliphatic carbocycles. The second-order valence-corrected chi connectivity index (χ2v) is 5.98. The maximum absolute atomic E-state index is 10.9. The van der Waals surface area contributed by atoms with E-state index in [0.717, 1.165) is 14.8 Å². The van der Waals surface area contributed by atoms with Crippen LogP contribution in [0.4, 0.5) is 11.4 Å². The van der Waals surface area contributed by atoms with Crippen molar-refractivity contribution in [2.24, 2.45) is 0 Å². The largest absolute Gasteiger partial charge is 0.325 e. The molecule has 0 radical (unpaired) electrons. The SMILES string of the molecule is Cc1cc(I)ccc1NSc1ccccc1[N+](=O)[O-]. The van der Waals surface area contributed by atoms with Gasteiger partial charge in [0, 0.05) is 15.3 Å². The summed E-state index contributed by atoms with van der Waals surface area (Å²) in [6.07, 6.45) is 0. The number of nitrogens with zero attached hydrogens (tertiary/aromatic N) is 1. The molecule has 6 heteroatoms. The van der Waals surface area contributed by atoms with E-state index < -0.39 is 0 Å². The van der Waals surface area contributed by atoms with Crippen LogP contribution < -0.4 is 4.72 Å². The predicted molar refractivity (Wildman–Crippen MR) is 86.5 cm³/mol. The Morgan fingerprint density at radius 1 is 1.26 bits per heavy atom. The minimum absolute atomic E-state index is 0.114. The van der Waals surface area contributed by atoms with Crippen LogP contribution in [0.1, 0.15) is 5.56 Å². The Morgan fingerprint density at radius 2 is 2.00 bits per heavy atom. The highest BCUT2D eigenvalue weighted by atomic mass is 127. The fraction of sp³-hybridized carbons (Fsp3) is 0.0769. The van der Waals surface area contributed by atoms with Crippen molar-refractivity contribution in [2.45, 2.75) is 11.8 Å². The van der Waals surface area contributed by atoms with Crippen molar-refractivity contribution in [1.29, 1.82) is 0 Å². The van der Waals surface area contributed by atoms with Gasteiger partial charge in [-0.3, -0.25) is 10.1 Å². The number of halogens is 1. The molecule has 0 bridgehead atoms. The topological polar surface area (TPSA) is 55.2 Å². The molecule has 2 aromatic rings. The van der Waals surface area contributed by atoms with Crippen molar-refractivity contribution in [3.63, 3.8) is 0 Å². The van der Waals surface area contributed by atoms with Gasteiger partial charge in [-0.2, -0.15) is 0 Å². The molecule has 0 heterocycles. The molecule has 0 fully saturated rings. The molecule has 19 heavy (non-hydrogen) atoms. The van der Waals surface area contributed by atoms with Gasteiger partial charge in [-0.1, -0.05) is 12.1 Å². The van der Waals surface area contributed by atoms with E-state index in [9.17, 15) is 10.1 Å². The minimum Gasteiger partial charge on any atom is -0.325 e. The Balaban J connectivity index is 2.17. The first-order valence-electron chi connectivity index (χ1n) is 5.50. The van der Waals surface area contributed by atoms with Gasteiger partial charge in [0.25, 0.3) is 5.69 Å². The van der Waals surface area contributed by atoms with Crippen molar-refractivity contribution in [1.82, 2.24) is 0 Å². The Bertz CT molecular complexity index is 619. The van der Waals surface area contributed by atoms with Crippen LogP contribution in [0.25, 0.3) is 0 Å². The Kier molecular flexibility index (Phi) is 4.65. The second kappa shape index (κ2) is 6.25. The summed E-state index contributed by atoms with van der Waals surface area (Å²) < 4.78 is 4.32. The lowest BCUT2D eigenvalue weighted by Gasteiger charge is -2.09. The van der Waals surface area contributed by atoms with E-state index in [1.165, 1.54) is 18.0 Å². The number of hydrogen-bond donors (Lipinski definition) is 1. The summed E-state index contributed by atoms with van der Waals surface area (Å²) >= 11 is 3.51. The molecular formula is C13H11IN2O2S. The zero-order valence-electron chi connectivity index (χ0n) is 10.1. The summed E-state index contributed by atoms with van der Waals surface area (Å²) in [5.41, 5.74) is 2.18. The average Bonchev–Trinajstić information content (AvgIpc) is 2.38. The number of benzene rings is 2. The Morgan fingerprint density at radius 3 is 2.68 bits per heavy atom. The van der Waals surface area contributed by atoms with Crippen LogP contribution in [0.2, 0.25) is 0 Å². The first-order chi connectivity index (χ1) is 9.08. The molecule has 0 saturated carbocycles. The monoisotopic (exact) mass is 386 g/mol. The molecule has 0 spiro atoms. The van der Waals surface area contributed by atoms with E-state index in [1.54, 1.807) is 18.2 Å². The quantitative estimate of drug-likeness (QED) is 0.360. The van der Waals surface area contributed by atoms with E-state index in [4.69, 9.17) is 0 Å². The van der Waals surface area contributed by atoms with Crippen molar-refractivity contribution in [2.75, 3.05) is 4.72 Å². The molecule has 0 amide bonds. The van der Waals surface area contributed by atoms with Crippen LogP contribution in [-0.4, -0.2) is 4.92 Å². The number of nitrogens with one attached hydrogen (secondary N) is 1. The number of nitro benzene ring substituents is 1. The van der Waals surface area contributed by atoms with E-state index in [2.05, 4.69) is 33.4 Å². The molecule has 0 aliphatic rings. The van der Waals surface area contributed by atoms with E-state index in [1.807, 2.05) is 19.1 Å². The van der Waals surface area contributed by atoms with E-state index in [-0.39, 0.29) is 10.6 Å². The molecule has 2 rings (SSSR count). The lowest BCUT2D eigenvalue weighted by Crippen LogP contribution is -1.94. The number of hydrogen-bond acceptors (Lipinski definition) is 4. The van der Waals surface area contributed by atoms with Gasteiger partial charge in [0.05, 0.1) is 4.92 Å². The summed E-state index contributed by atoms with van der Waals surface area (Å²) in [5.74, 6) is 0. The van der Waals surface area contributed by atoms with Crippen molar-refractivity contribution < 1.29 is 4.92 Å². The van der Waals surface area contributed by atoms with Crippen LogP contribution in [-0.2, 0) is 0 Å². The van der Waals surface area contributed by atoms with Gasteiger partial charge in [0.15, 0.2) is 0 Å². The Labute approximate surface area is 129 Å². The highest BCUT2D eigenvalue weighted by Gasteiger charge is 2.13. The molecular weight excluding hydrogens is 375 g/mol. The highest BCUT2D eigenvalue weighted by Crippen LogP contribution is 2.30. The normalized spacial score (nSPS) is 10.2. The fourth-order valence-corrected chi connectivity index (χ4v) is 3.04. The summed E-state index contributed by atoms with van der Waals surface area (Å²) in [6, 6.07) is 12.7. The standard InChI is InChI=1S/C13H11IN2O2S/c1-9-8-10(14)6-7-11(9)15-19-13-5-3-2-4-12(13)16(17)18/h2-8,15H,1H3. The highest BCUT2D eigenvalue weighted by molar-refractivity contribution is 14.1. The molecule has 0 unspecified atom stereocenters. The number of aryl methyl sites for hydroxylation is 1. The summed E-state index contributed by atoms with van der Waals surface area (Å²) in [7, 11) is 0. The summed E-state index contributed by atoms with van der Waals surface area (Å²) in [6.45, 7) is 2.00. The number of para-hydroxylation sites is 1. The minimum atomic E-state index is -0.370. The molecule has 1 N–H and O–H groups in total. The van der Waals surface area contributed by atoms with Crippen LogP contribution >= 0.6 is 34.5 Å². The van der Waals surface area contributed by atoms with Crippen LogP contribution in [0.3, 0.4) is 0 Å². The molecule has 4 nitrogen and oxygen atoms in total. The molecule has 0 atom stereocenters. The number of anilines is 1. The molecule has 0 saturated heterocycles. The molecule has 2 aromatic carbocycles. The third-order valence-electron chi connectivity index (χ3n) is 2.52. The molecule has 0 aromatic heterocycles. The third kappa shape index (κ3) is 3.60.